The van der Waals surface area contributed by atoms with Gasteiger partial charge in [0, 0.05) is 139 Å². The van der Waals surface area contributed by atoms with E-state index in [4.69, 9.17) is 47.9 Å². The standard InChI is InChI=1S/C27H38F3N5O4S.C25H34ClF3N6O2S.C24H32ClF2N5O4S/c1-17-13-22(24(39-4)15-19(17)25(36)31-11-12-38-3)34-26-32-16-20(27(28,29)30)21(33-26)14-18-9-7-8-10-23(18)35(2)40(5,6)37;1-34(38(3,4)36)21-7-5-6-16(21)12-19-17(25(27,28)29)15-31-24(32-19)33-20-13-18(26)22(14-23(20)37-2)35-10-8-30-9-11-35;1-5-21(33)15-11-22(36-3)19(12-17(15)25)31-23-29-13-16(24(26,27)28)18(30-23)10-14-8-6-7-9-20(14)32(2)37(4,34)35/h13,15-16,18,23H,5,7-12,14H2,1-4,6H3,(H,31,36)(H,32,33,34);13-16,21,30H,3,5-12H2,1-2,4H3,(H,31,32,33);11-14,20H,5-10,28H2,1-4H3,(H,29,30,31)/t18-,23+,40?;16-,21+,38?;14-,20+/m000/s1. The van der Waals surface area contributed by atoms with Gasteiger partial charge in [-0.05, 0) is 144 Å². The quantitative estimate of drug-likeness (QED) is 0.00835. The molecule has 0 spiro atoms. The average molecular weight is 1720 g/mol. The van der Waals surface area contributed by atoms with Crippen molar-refractivity contribution in [3.8, 4) is 17.2 Å². The number of anilines is 7. The third-order valence-electron chi connectivity index (χ3n) is 21.2. The molecule has 7 N–H and O–H groups in total. The van der Waals surface area contributed by atoms with Crippen LogP contribution in [0.15, 0.2) is 55.0 Å². The summed E-state index contributed by atoms with van der Waals surface area (Å²) in [6.45, 7) is 7.40. The number of Topliss-reactive ketones (excluding diaryl/α,β-unsaturated/α-hetero) is 1. The van der Waals surface area contributed by atoms with Gasteiger partial charge in [-0.2, -0.15) is 35.1 Å². The molecule has 6 aromatic rings. The summed E-state index contributed by atoms with van der Waals surface area (Å²) in [7, 11) is 2.34. The molecule has 1 aliphatic heterocycles. The molecule has 3 aromatic carbocycles. The van der Waals surface area contributed by atoms with Gasteiger partial charge in [0.15, 0.2) is 5.78 Å². The third-order valence-corrected chi connectivity index (χ3v) is 26.1. The van der Waals surface area contributed by atoms with E-state index < -0.39 is 64.5 Å². The molecule has 1 amide bonds. The first-order valence-corrected chi connectivity index (χ1v) is 44.1. The van der Waals surface area contributed by atoms with Crippen LogP contribution in [0.25, 0.3) is 0 Å². The molecule has 636 valence electrons. The number of nitrogens with one attached hydrogen (secondary N) is 5. The molecule has 1 saturated heterocycles. The zero-order chi connectivity index (χ0) is 84.9. The molecule has 4 heterocycles. The van der Waals surface area contributed by atoms with Crippen LogP contribution in [0.5, 0.6) is 17.2 Å². The van der Waals surface area contributed by atoms with Crippen molar-refractivity contribution >= 4 is 117 Å². The van der Waals surface area contributed by atoms with Crippen molar-refractivity contribution in [3.05, 3.63) is 115 Å². The van der Waals surface area contributed by atoms with E-state index in [-0.39, 0.29) is 113 Å². The van der Waals surface area contributed by atoms with Gasteiger partial charge < -0.3 is 50.4 Å². The van der Waals surface area contributed by atoms with E-state index in [1.165, 1.54) is 58.2 Å². The number of hydrogen-bond donors (Lipinski definition) is 6. The molecular formula is C76H104Cl2F8N16O10S3. The number of piperazine rings is 1. The van der Waals surface area contributed by atoms with Gasteiger partial charge in [0.05, 0.1) is 101 Å². The van der Waals surface area contributed by atoms with Crippen molar-refractivity contribution in [3.63, 3.8) is 0 Å². The molecule has 0 bridgehead atoms. The zero-order valence-electron chi connectivity index (χ0n) is 66.6. The SMILES string of the molecule is C=S(C)(=O)N(C)[C@@H]1CCCC[C@H]1Cc1nc(Nc2cc(C)c(C(=O)NCCOC)cc2OC)ncc1C(F)(F)F.C=S(C)(=O)N(C)[C@@H]1CCC[C@H]1Cc1nc(Nc2cc(Cl)c(N3CCNCC3)cc2OC)ncc1C(F)(F)F.CCC(=O)c1cc(OC)c(Nc2ncc(C(N)(F)F)c(C[C@@H]3CCCC[C@H]3N(C)S(C)(=O)=O)n2)cc1Cl. The first kappa shape index (κ1) is 92.9. The summed E-state index contributed by atoms with van der Waals surface area (Å²) in [6.07, 6.45) is 6.45. The highest BCUT2D eigenvalue weighted by Gasteiger charge is 2.42. The third kappa shape index (κ3) is 24.8. The predicted molar refractivity (Wildman–Crippen MR) is 436 cm³/mol. The van der Waals surface area contributed by atoms with Crippen LogP contribution in [0, 0.1) is 24.7 Å². The Morgan fingerprint density at radius 1 is 0.583 bits per heavy atom. The number of benzene rings is 3. The molecule has 2 unspecified atom stereocenters. The minimum Gasteiger partial charge on any atom is -0.495 e. The Hall–Kier alpha value is -7.59. The van der Waals surface area contributed by atoms with Crippen LogP contribution in [-0.2, 0) is 71.8 Å². The molecule has 8 atom stereocenters. The van der Waals surface area contributed by atoms with E-state index in [1.807, 2.05) is 0 Å². The average Bonchev–Trinajstić information content (AvgIpc) is 1.56. The monoisotopic (exact) mass is 1720 g/mol. The molecule has 3 aliphatic carbocycles. The van der Waals surface area contributed by atoms with Crippen molar-refractivity contribution in [2.45, 2.75) is 147 Å². The Bertz CT molecular complexity index is 4740. The number of carbonyl (C=O) groups excluding carboxylic acids is 2. The van der Waals surface area contributed by atoms with E-state index >= 15 is 0 Å². The van der Waals surface area contributed by atoms with Crippen LogP contribution in [0.4, 0.5) is 75.7 Å². The highest BCUT2D eigenvalue weighted by molar-refractivity contribution is 7.97. The van der Waals surface area contributed by atoms with Gasteiger partial charge in [-0.3, -0.25) is 23.7 Å². The largest absolute Gasteiger partial charge is 0.495 e. The number of alkyl halides is 8. The van der Waals surface area contributed by atoms with E-state index in [9.17, 15) is 61.5 Å². The molecule has 26 nitrogen and oxygen atoms in total. The number of rotatable bonds is 29. The van der Waals surface area contributed by atoms with Crippen LogP contribution < -0.4 is 51.4 Å². The van der Waals surface area contributed by atoms with Crippen LogP contribution >= 0.6 is 23.2 Å². The highest BCUT2D eigenvalue weighted by Crippen LogP contribution is 2.44. The second-order valence-electron chi connectivity index (χ2n) is 29.2. The number of carbonyl (C=O) groups is 2. The van der Waals surface area contributed by atoms with Crippen LogP contribution in [0.2, 0.25) is 10.0 Å². The molecule has 115 heavy (non-hydrogen) atoms. The predicted octanol–water partition coefficient (Wildman–Crippen LogP) is 12.9. The normalized spacial score (nSPS) is 19.9. The summed E-state index contributed by atoms with van der Waals surface area (Å²) in [4.78, 5) is 51.8. The number of ether oxygens (including phenoxy) is 4. The molecule has 10 rings (SSSR count). The summed E-state index contributed by atoms with van der Waals surface area (Å²) < 4.78 is 188. The van der Waals surface area contributed by atoms with Gasteiger partial charge in [0.25, 0.3) is 5.91 Å². The number of methoxy groups -OCH3 is 4. The summed E-state index contributed by atoms with van der Waals surface area (Å²) in [5.41, 5.74) is 5.93. The number of hydrogen-bond acceptors (Lipinski definition) is 22. The van der Waals surface area contributed by atoms with Gasteiger partial charge in [-0.1, -0.05) is 62.2 Å². The Labute approximate surface area is 678 Å². The van der Waals surface area contributed by atoms with E-state index in [1.54, 1.807) is 67.1 Å². The number of nitrogens with two attached hydrogens (primary N) is 1. The minimum atomic E-state index is -4.64. The van der Waals surface area contributed by atoms with Crippen LogP contribution in [0.3, 0.4) is 0 Å². The number of aromatic nitrogens is 6. The van der Waals surface area contributed by atoms with Crippen molar-refractivity contribution in [2.24, 2.45) is 23.5 Å². The summed E-state index contributed by atoms with van der Waals surface area (Å²) >= 11 is 12.9. The summed E-state index contributed by atoms with van der Waals surface area (Å²) in [5, 5.41) is 15.6. The number of nitrogens with zero attached hydrogens (tertiary/aromatic N) is 10. The lowest BCUT2D eigenvalue weighted by atomic mass is 9.81. The second kappa shape index (κ2) is 39.8. The molecule has 3 aromatic heterocycles. The van der Waals surface area contributed by atoms with Crippen molar-refractivity contribution in [1.82, 2.24) is 53.5 Å². The Morgan fingerprint density at radius 2 is 0.974 bits per heavy atom. The fraction of sp³-hybridized carbons (Fsp3) is 0.553. The lowest BCUT2D eigenvalue weighted by molar-refractivity contribution is -0.139. The Kier molecular flexibility index (Phi) is 32.1. The number of ketones is 1. The van der Waals surface area contributed by atoms with Crippen molar-refractivity contribution in [1.29, 1.82) is 0 Å². The molecule has 39 heteroatoms. The fourth-order valence-electron chi connectivity index (χ4n) is 14.9. The smallest absolute Gasteiger partial charge is 0.419 e. The second-order valence-corrected chi connectivity index (χ2v) is 37.1. The summed E-state index contributed by atoms with van der Waals surface area (Å²) in [6, 6.07) is 5.30. The van der Waals surface area contributed by atoms with Crippen molar-refractivity contribution < 1.29 is 80.5 Å². The van der Waals surface area contributed by atoms with E-state index in [2.05, 4.69) is 73.1 Å². The van der Waals surface area contributed by atoms with E-state index in [0.29, 0.717) is 94.9 Å². The van der Waals surface area contributed by atoms with Gasteiger partial charge in [-0.25, -0.2) is 51.2 Å². The lowest BCUT2D eigenvalue weighted by Crippen LogP contribution is -2.44. The fourth-order valence-corrected chi connectivity index (χ4v) is 17.9. The topological polar surface area (TPSA) is 316 Å². The summed E-state index contributed by atoms with van der Waals surface area (Å²) in [5.74, 6) is 7.51. The molecule has 4 fully saturated rings. The highest BCUT2D eigenvalue weighted by atomic mass is 35.5. The van der Waals surface area contributed by atoms with Gasteiger partial charge in [0.2, 0.25) is 27.9 Å². The molecular weight excluding hydrogens is 1620 g/mol. The minimum absolute atomic E-state index is 0.00392. The van der Waals surface area contributed by atoms with E-state index in [0.717, 1.165) is 102 Å². The molecule has 4 aliphatic rings. The number of sulfonamides is 1. The first-order chi connectivity index (χ1) is 53.9. The lowest BCUT2D eigenvalue weighted by Gasteiger charge is -2.38. The first-order valence-electron chi connectivity index (χ1n) is 37.3. The Morgan fingerprint density at radius 3 is 1.39 bits per heavy atom. The zero-order valence-corrected chi connectivity index (χ0v) is 70.5. The van der Waals surface area contributed by atoms with Crippen molar-refractivity contribution in [2.75, 3.05) is 129 Å². The number of amides is 1. The van der Waals surface area contributed by atoms with Gasteiger partial charge >= 0.3 is 18.4 Å². The van der Waals surface area contributed by atoms with Gasteiger partial charge in [-0.15, -0.1) is 0 Å². The molecule has 3 saturated carbocycles. The van der Waals surface area contributed by atoms with Gasteiger partial charge in [0.1, 0.15) is 17.2 Å². The van der Waals surface area contributed by atoms with Crippen LogP contribution in [-0.4, -0.2) is 209 Å². The molecule has 0 radical (unpaired) electrons. The number of halogens is 10. The maximum atomic E-state index is 14.3. The Balaban J connectivity index is 0.000000216. The number of aryl methyl sites for hydroxylation is 1. The maximum absolute atomic E-state index is 14.3. The van der Waals surface area contributed by atoms with Crippen LogP contribution in [0.1, 0.15) is 144 Å². The maximum Gasteiger partial charge on any atom is 0.419 e.